The van der Waals surface area contributed by atoms with Gasteiger partial charge in [0.15, 0.2) is 17.5 Å². The number of halogens is 3. The van der Waals surface area contributed by atoms with Gasteiger partial charge in [-0.25, -0.2) is 21.6 Å². The van der Waals surface area contributed by atoms with E-state index in [1.807, 2.05) is 4.72 Å². The van der Waals surface area contributed by atoms with Gasteiger partial charge < -0.3 is 5.11 Å². The van der Waals surface area contributed by atoms with Crippen molar-refractivity contribution < 1.29 is 26.7 Å². The molecule has 0 fully saturated rings. The highest BCUT2D eigenvalue weighted by molar-refractivity contribution is 7.94. The second-order valence-corrected chi connectivity index (χ2v) is 6.78. The highest BCUT2D eigenvalue weighted by Crippen LogP contribution is 2.26. The molecule has 0 aliphatic heterocycles. The van der Waals surface area contributed by atoms with E-state index in [1.54, 1.807) is 0 Å². The molecule has 1 aromatic carbocycles. The molecule has 20 heavy (non-hydrogen) atoms. The Bertz CT molecular complexity index is 743. The smallest absolute Gasteiger partial charge is 0.271 e. The molecular formula is C11H8F3NO3S2. The molecule has 0 aliphatic rings. The van der Waals surface area contributed by atoms with E-state index in [4.69, 9.17) is 5.11 Å². The second kappa shape index (κ2) is 5.43. The topological polar surface area (TPSA) is 66.4 Å². The lowest BCUT2D eigenvalue weighted by atomic mass is 10.3. The minimum atomic E-state index is -4.13. The minimum Gasteiger partial charge on any atom is -0.391 e. The molecule has 4 nitrogen and oxygen atoms in total. The van der Waals surface area contributed by atoms with Crippen molar-refractivity contribution in [3.05, 3.63) is 46.6 Å². The van der Waals surface area contributed by atoms with Crippen LogP contribution in [0.2, 0.25) is 0 Å². The summed E-state index contributed by atoms with van der Waals surface area (Å²) in [5.74, 6) is -4.79. The molecule has 1 aromatic heterocycles. The normalized spacial score (nSPS) is 11.6. The van der Waals surface area contributed by atoms with Gasteiger partial charge in [-0.3, -0.25) is 4.72 Å². The fourth-order valence-corrected chi connectivity index (χ4v) is 3.66. The number of anilines is 1. The third-order valence-electron chi connectivity index (χ3n) is 2.34. The van der Waals surface area contributed by atoms with Crippen LogP contribution < -0.4 is 4.72 Å². The molecule has 0 amide bonds. The monoisotopic (exact) mass is 323 g/mol. The lowest BCUT2D eigenvalue weighted by molar-refractivity contribution is 0.285. The van der Waals surface area contributed by atoms with Crippen LogP contribution >= 0.6 is 11.3 Å². The van der Waals surface area contributed by atoms with Crippen LogP contribution in [0.15, 0.2) is 28.5 Å². The number of hydrogen-bond acceptors (Lipinski definition) is 4. The standard InChI is InChI=1S/C11H8F3NO3S2/c12-7-2-3-8(11(14)10(7)13)15-20(17,18)9-4-1-6(5-16)19-9/h1-4,15-16H,5H2. The van der Waals surface area contributed by atoms with Crippen LogP contribution in [0.4, 0.5) is 18.9 Å². The molecule has 0 atom stereocenters. The molecule has 2 rings (SSSR count). The van der Waals surface area contributed by atoms with Gasteiger partial charge in [0.05, 0.1) is 12.3 Å². The van der Waals surface area contributed by atoms with E-state index in [9.17, 15) is 21.6 Å². The molecule has 0 unspecified atom stereocenters. The molecule has 2 aromatic rings. The minimum absolute atomic E-state index is 0.175. The van der Waals surface area contributed by atoms with Crippen LogP contribution in [0.1, 0.15) is 4.88 Å². The summed E-state index contributed by atoms with van der Waals surface area (Å²) in [7, 11) is -4.13. The molecule has 0 spiro atoms. The third-order valence-corrected chi connectivity index (χ3v) is 5.26. The molecule has 0 saturated heterocycles. The van der Waals surface area contributed by atoms with E-state index >= 15 is 0 Å². The molecule has 0 bridgehead atoms. The number of aliphatic hydroxyl groups excluding tert-OH is 1. The number of hydrogen-bond donors (Lipinski definition) is 2. The van der Waals surface area contributed by atoms with Crippen molar-refractivity contribution in [3.8, 4) is 0 Å². The lowest BCUT2D eigenvalue weighted by Gasteiger charge is -2.08. The van der Waals surface area contributed by atoms with Crippen LogP contribution in [0.3, 0.4) is 0 Å². The van der Waals surface area contributed by atoms with Gasteiger partial charge in [0.2, 0.25) is 0 Å². The van der Waals surface area contributed by atoms with Gasteiger partial charge in [0.25, 0.3) is 10.0 Å². The highest BCUT2D eigenvalue weighted by Gasteiger charge is 2.21. The summed E-state index contributed by atoms with van der Waals surface area (Å²) >= 11 is 0.782. The van der Waals surface area contributed by atoms with Gasteiger partial charge in [0.1, 0.15) is 4.21 Å². The number of thiophene rings is 1. The van der Waals surface area contributed by atoms with E-state index < -0.39 is 33.2 Å². The van der Waals surface area contributed by atoms with Crippen molar-refractivity contribution in [2.75, 3.05) is 4.72 Å². The van der Waals surface area contributed by atoms with Crippen LogP contribution in [-0.4, -0.2) is 13.5 Å². The van der Waals surface area contributed by atoms with E-state index in [0.29, 0.717) is 10.9 Å². The Morgan fingerprint density at radius 2 is 1.80 bits per heavy atom. The zero-order valence-corrected chi connectivity index (χ0v) is 11.4. The quantitative estimate of drug-likeness (QED) is 0.850. The first-order valence-electron chi connectivity index (χ1n) is 5.21. The van der Waals surface area contributed by atoms with Crippen LogP contribution in [0.5, 0.6) is 0 Å². The zero-order chi connectivity index (χ0) is 14.9. The van der Waals surface area contributed by atoms with E-state index in [1.165, 1.54) is 12.1 Å². The maximum Gasteiger partial charge on any atom is 0.271 e. The molecule has 0 aliphatic carbocycles. The van der Waals surface area contributed by atoms with Crippen molar-refractivity contribution in [1.29, 1.82) is 0 Å². The summed E-state index contributed by atoms with van der Waals surface area (Å²) < 4.78 is 64.6. The summed E-state index contributed by atoms with van der Waals surface area (Å²) in [5, 5.41) is 8.86. The first-order chi connectivity index (χ1) is 9.35. The molecule has 1 heterocycles. The fraction of sp³-hybridized carbons (Fsp3) is 0.0909. The third kappa shape index (κ3) is 2.79. The molecule has 108 valence electrons. The predicted octanol–water partition coefficient (Wildman–Crippen LogP) is 2.46. The van der Waals surface area contributed by atoms with E-state index in [2.05, 4.69) is 0 Å². The molecule has 0 saturated carbocycles. The van der Waals surface area contributed by atoms with Gasteiger partial charge in [-0.2, -0.15) is 0 Å². The van der Waals surface area contributed by atoms with Crippen molar-refractivity contribution in [2.45, 2.75) is 10.8 Å². The average molecular weight is 323 g/mol. The van der Waals surface area contributed by atoms with Gasteiger partial charge >= 0.3 is 0 Å². The van der Waals surface area contributed by atoms with E-state index in [-0.39, 0.29) is 10.8 Å². The van der Waals surface area contributed by atoms with Crippen LogP contribution in [-0.2, 0) is 16.6 Å². The number of rotatable bonds is 4. The largest absolute Gasteiger partial charge is 0.391 e. The molecule has 9 heteroatoms. The summed E-state index contributed by atoms with van der Waals surface area (Å²) in [6, 6.07) is 4.01. The Balaban J connectivity index is 2.36. The van der Waals surface area contributed by atoms with Gasteiger partial charge in [0, 0.05) is 4.88 Å². The number of nitrogens with one attached hydrogen (secondary N) is 1. The summed E-state index contributed by atoms with van der Waals surface area (Å²) in [6.45, 7) is -0.334. The first kappa shape index (κ1) is 14.8. The summed E-state index contributed by atoms with van der Waals surface area (Å²) in [6.07, 6.45) is 0. The lowest BCUT2D eigenvalue weighted by Crippen LogP contribution is -2.13. The van der Waals surface area contributed by atoms with Gasteiger partial charge in [-0.05, 0) is 24.3 Å². The van der Waals surface area contributed by atoms with Crippen molar-refractivity contribution in [1.82, 2.24) is 0 Å². The number of aliphatic hydroxyl groups is 1. The van der Waals surface area contributed by atoms with E-state index in [0.717, 1.165) is 17.4 Å². The van der Waals surface area contributed by atoms with Crippen LogP contribution in [0, 0.1) is 17.5 Å². The zero-order valence-electron chi connectivity index (χ0n) is 9.73. The number of sulfonamides is 1. The maximum atomic E-state index is 13.4. The Kier molecular flexibility index (Phi) is 4.02. The predicted molar refractivity (Wildman–Crippen MR) is 67.4 cm³/mol. The fourth-order valence-electron chi connectivity index (χ4n) is 1.39. The number of benzene rings is 1. The van der Waals surface area contributed by atoms with Crippen molar-refractivity contribution in [3.63, 3.8) is 0 Å². The Morgan fingerprint density at radius 3 is 2.40 bits per heavy atom. The SMILES string of the molecule is O=S(=O)(Nc1ccc(F)c(F)c1F)c1ccc(CO)s1. The Labute approximate surface area is 116 Å². The summed E-state index contributed by atoms with van der Waals surface area (Å²) in [5.41, 5.74) is -0.692. The van der Waals surface area contributed by atoms with Crippen LogP contribution in [0.25, 0.3) is 0 Å². The highest BCUT2D eigenvalue weighted by atomic mass is 32.2. The molecule has 2 N–H and O–H groups in total. The molecular weight excluding hydrogens is 315 g/mol. The van der Waals surface area contributed by atoms with Gasteiger partial charge in [-0.1, -0.05) is 0 Å². The van der Waals surface area contributed by atoms with Crippen molar-refractivity contribution >= 4 is 27.0 Å². The molecule has 0 radical (unpaired) electrons. The Hall–Kier alpha value is -1.58. The Morgan fingerprint density at radius 1 is 1.10 bits per heavy atom. The second-order valence-electron chi connectivity index (χ2n) is 3.71. The maximum absolute atomic E-state index is 13.4. The average Bonchev–Trinajstić information content (AvgIpc) is 2.89. The first-order valence-corrected chi connectivity index (χ1v) is 7.51. The summed E-state index contributed by atoms with van der Waals surface area (Å²) in [4.78, 5) is 0.399. The van der Waals surface area contributed by atoms with Crippen molar-refractivity contribution in [2.24, 2.45) is 0 Å². The van der Waals surface area contributed by atoms with Gasteiger partial charge in [-0.15, -0.1) is 11.3 Å².